The molecule has 2 aromatic heterocycles. The summed E-state index contributed by atoms with van der Waals surface area (Å²) in [6.07, 6.45) is 2.73. The van der Waals surface area contributed by atoms with Gasteiger partial charge in [0.25, 0.3) is 5.24 Å². The van der Waals surface area contributed by atoms with E-state index < -0.39 is 5.24 Å². The molecule has 3 heterocycles. The number of hydrogen-bond donors (Lipinski definition) is 1. The Kier molecular flexibility index (Phi) is 11.0. The summed E-state index contributed by atoms with van der Waals surface area (Å²) in [5.41, 5.74) is 3.19. The van der Waals surface area contributed by atoms with Crippen LogP contribution in [0.4, 0.5) is 0 Å². The number of carbonyl (C=O) groups is 1. The number of hydrogen-bond acceptors (Lipinski definition) is 4. The van der Waals surface area contributed by atoms with Crippen molar-refractivity contribution in [2.45, 2.75) is 53.5 Å². The third-order valence-electron chi connectivity index (χ3n) is 4.10. The molecule has 7 heteroatoms. The molecule has 0 bridgehead atoms. The smallest absolute Gasteiger partial charge is 0.252 e. The van der Waals surface area contributed by atoms with E-state index in [4.69, 9.17) is 34.8 Å². The van der Waals surface area contributed by atoms with Crippen molar-refractivity contribution in [2.24, 2.45) is 5.92 Å². The molecule has 28 heavy (non-hydrogen) atoms. The fourth-order valence-electron chi connectivity index (χ4n) is 2.91. The SMILES string of the molecule is C[C@H]1CCN[C@@H](C)C1.Cc1cc(C(=O)Cl)cc(Cl)n1.Cc1cc(C)nc(Cl)c1. The summed E-state index contributed by atoms with van der Waals surface area (Å²) < 4.78 is 0. The summed E-state index contributed by atoms with van der Waals surface area (Å²) in [7, 11) is 0. The Morgan fingerprint density at radius 3 is 1.96 bits per heavy atom. The number of halogens is 3. The highest BCUT2D eigenvalue weighted by Gasteiger charge is 2.12. The zero-order chi connectivity index (χ0) is 21.3. The number of rotatable bonds is 1. The second kappa shape index (κ2) is 12.4. The zero-order valence-corrected chi connectivity index (χ0v) is 19.3. The Morgan fingerprint density at radius 1 is 1.00 bits per heavy atom. The van der Waals surface area contributed by atoms with Crippen molar-refractivity contribution in [3.05, 3.63) is 57.1 Å². The summed E-state index contributed by atoms with van der Waals surface area (Å²) in [5.74, 6) is 0.950. The minimum Gasteiger partial charge on any atom is -0.314 e. The van der Waals surface area contributed by atoms with Gasteiger partial charge in [0, 0.05) is 23.0 Å². The van der Waals surface area contributed by atoms with Gasteiger partial charge in [-0.25, -0.2) is 9.97 Å². The number of aryl methyl sites for hydroxylation is 3. The number of piperidine rings is 1. The number of carbonyl (C=O) groups excluding carboxylic acids is 1. The van der Waals surface area contributed by atoms with Crippen molar-refractivity contribution in [1.29, 1.82) is 0 Å². The molecule has 0 radical (unpaired) electrons. The maximum Gasteiger partial charge on any atom is 0.252 e. The molecule has 1 aliphatic rings. The van der Waals surface area contributed by atoms with Gasteiger partial charge in [-0.2, -0.15) is 0 Å². The van der Waals surface area contributed by atoms with Gasteiger partial charge < -0.3 is 5.32 Å². The van der Waals surface area contributed by atoms with Gasteiger partial charge in [-0.1, -0.05) is 30.1 Å². The fourth-order valence-corrected chi connectivity index (χ4v) is 3.58. The lowest BCUT2D eigenvalue weighted by Crippen LogP contribution is -2.34. The fraction of sp³-hybridized carbons (Fsp3) is 0.476. The number of nitrogens with zero attached hydrogens (tertiary/aromatic N) is 2. The first-order valence-electron chi connectivity index (χ1n) is 9.25. The van der Waals surface area contributed by atoms with E-state index in [1.54, 1.807) is 13.0 Å². The van der Waals surface area contributed by atoms with Gasteiger partial charge in [0.05, 0.1) is 0 Å². The van der Waals surface area contributed by atoms with Gasteiger partial charge in [0.1, 0.15) is 10.3 Å². The van der Waals surface area contributed by atoms with Crippen LogP contribution in [0.15, 0.2) is 24.3 Å². The van der Waals surface area contributed by atoms with Crippen molar-refractivity contribution in [2.75, 3.05) is 6.54 Å². The van der Waals surface area contributed by atoms with Crippen molar-refractivity contribution >= 4 is 40.0 Å². The molecule has 1 aliphatic heterocycles. The maximum absolute atomic E-state index is 10.6. The maximum atomic E-state index is 10.6. The average molecular weight is 445 g/mol. The molecule has 0 amide bonds. The zero-order valence-electron chi connectivity index (χ0n) is 17.0. The predicted molar refractivity (Wildman–Crippen MR) is 119 cm³/mol. The summed E-state index contributed by atoms with van der Waals surface area (Å²) >= 11 is 16.4. The normalized spacial score (nSPS) is 18.3. The third-order valence-corrected chi connectivity index (χ3v) is 4.71. The third kappa shape index (κ3) is 10.4. The first kappa shape index (κ1) is 24.8. The van der Waals surface area contributed by atoms with E-state index in [-0.39, 0.29) is 5.15 Å². The first-order valence-corrected chi connectivity index (χ1v) is 10.4. The molecule has 0 saturated carbocycles. The highest BCUT2D eigenvalue weighted by atomic mass is 35.5. The van der Waals surface area contributed by atoms with Crippen LogP contribution < -0.4 is 5.32 Å². The molecule has 2 aromatic rings. The van der Waals surface area contributed by atoms with Crippen LogP contribution in [0.2, 0.25) is 10.3 Å². The lowest BCUT2D eigenvalue weighted by atomic mass is 9.96. The molecule has 0 spiro atoms. The first-order chi connectivity index (χ1) is 13.1. The van der Waals surface area contributed by atoms with Gasteiger partial charge in [0.15, 0.2) is 0 Å². The minimum absolute atomic E-state index is 0.286. The monoisotopic (exact) mass is 443 g/mol. The van der Waals surface area contributed by atoms with Crippen molar-refractivity contribution in [3.8, 4) is 0 Å². The van der Waals surface area contributed by atoms with Crippen molar-refractivity contribution in [1.82, 2.24) is 15.3 Å². The van der Waals surface area contributed by atoms with E-state index in [9.17, 15) is 4.79 Å². The Morgan fingerprint density at radius 2 is 1.57 bits per heavy atom. The van der Waals surface area contributed by atoms with Crippen LogP contribution >= 0.6 is 34.8 Å². The average Bonchev–Trinajstić information content (AvgIpc) is 2.53. The van der Waals surface area contributed by atoms with Crippen LogP contribution in [0.25, 0.3) is 0 Å². The minimum atomic E-state index is -0.516. The topological polar surface area (TPSA) is 54.9 Å². The molecule has 0 unspecified atom stereocenters. The summed E-state index contributed by atoms with van der Waals surface area (Å²) in [5, 5.41) is 3.76. The Hall–Kier alpha value is -1.20. The quantitative estimate of drug-likeness (QED) is 0.422. The summed E-state index contributed by atoms with van der Waals surface area (Å²) in [6.45, 7) is 11.5. The Labute approximate surface area is 183 Å². The van der Waals surface area contributed by atoms with Crippen LogP contribution in [0.1, 0.15) is 54.0 Å². The lowest BCUT2D eigenvalue weighted by molar-refractivity contribution is 0.108. The largest absolute Gasteiger partial charge is 0.314 e. The Balaban J connectivity index is 0.000000213. The molecule has 1 N–H and O–H groups in total. The van der Waals surface area contributed by atoms with Crippen LogP contribution in [0, 0.1) is 26.7 Å². The molecular formula is C21H28Cl3N3O. The second-order valence-corrected chi connectivity index (χ2v) is 8.30. The van der Waals surface area contributed by atoms with E-state index in [0.717, 1.165) is 23.2 Å². The van der Waals surface area contributed by atoms with E-state index >= 15 is 0 Å². The van der Waals surface area contributed by atoms with E-state index in [0.29, 0.717) is 16.4 Å². The van der Waals surface area contributed by atoms with Crippen molar-refractivity contribution < 1.29 is 4.79 Å². The number of aromatic nitrogens is 2. The van der Waals surface area contributed by atoms with Gasteiger partial charge >= 0.3 is 0 Å². The molecule has 0 aliphatic carbocycles. The molecule has 3 rings (SSSR count). The standard InChI is InChI=1S/C7H5Cl2NO.C7H8ClN.C7H15N/c1-4-2-5(7(9)11)3-6(8)10-4;1-5-3-6(2)9-7(8)4-5;1-6-3-4-8-7(2)5-6/h2-3H,1H3;3-4H,1-2H3;6-8H,3-5H2,1-2H3/t;;6-,7-/m..0/s1. The van der Waals surface area contributed by atoms with Crippen LogP contribution in [-0.4, -0.2) is 27.8 Å². The van der Waals surface area contributed by atoms with Gasteiger partial charge in [-0.05, 0) is 94.4 Å². The molecule has 2 atom stereocenters. The highest BCUT2D eigenvalue weighted by molar-refractivity contribution is 6.67. The van der Waals surface area contributed by atoms with Crippen LogP contribution in [0.5, 0.6) is 0 Å². The summed E-state index contributed by atoms with van der Waals surface area (Å²) in [6, 6.07) is 7.62. The molecule has 1 fully saturated rings. The molecule has 0 aromatic carbocycles. The lowest BCUT2D eigenvalue weighted by Gasteiger charge is -2.24. The molecular weight excluding hydrogens is 417 g/mol. The van der Waals surface area contributed by atoms with Crippen molar-refractivity contribution in [3.63, 3.8) is 0 Å². The molecule has 4 nitrogen and oxygen atoms in total. The van der Waals surface area contributed by atoms with Crippen LogP contribution in [0.3, 0.4) is 0 Å². The second-order valence-electron chi connectivity index (χ2n) is 7.19. The molecule has 1 saturated heterocycles. The van der Waals surface area contributed by atoms with E-state index in [1.807, 2.05) is 26.0 Å². The summed E-state index contributed by atoms with van der Waals surface area (Å²) in [4.78, 5) is 18.5. The highest BCUT2D eigenvalue weighted by Crippen LogP contribution is 2.14. The van der Waals surface area contributed by atoms with E-state index in [2.05, 4.69) is 29.1 Å². The number of pyridine rings is 2. The van der Waals surface area contributed by atoms with Gasteiger partial charge in [-0.15, -0.1) is 0 Å². The predicted octanol–water partition coefficient (Wildman–Crippen LogP) is 6.17. The molecule has 154 valence electrons. The van der Waals surface area contributed by atoms with E-state index in [1.165, 1.54) is 25.5 Å². The van der Waals surface area contributed by atoms with Gasteiger partial charge in [-0.3, -0.25) is 4.79 Å². The number of nitrogens with one attached hydrogen (secondary N) is 1. The van der Waals surface area contributed by atoms with Gasteiger partial charge in [0.2, 0.25) is 0 Å². The van der Waals surface area contributed by atoms with Crippen LogP contribution in [-0.2, 0) is 0 Å². The Bertz CT molecular complexity index is 705.